The summed E-state index contributed by atoms with van der Waals surface area (Å²) in [5.41, 5.74) is 7.82. The van der Waals surface area contributed by atoms with Crippen LogP contribution in [0.2, 0.25) is 0 Å². The Morgan fingerprint density at radius 3 is 2.51 bits per heavy atom. The molecule has 2 atom stereocenters. The van der Waals surface area contributed by atoms with E-state index in [2.05, 4.69) is 10.3 Å². The smallest absolute Gasteiger partial charge is 0.244 e. The monoisotopic (exact) mass is 660 g/mol. The molecule has 1 spiro atoms. The van der Waals surface area contributed by atoms with E-state index in [4.69, 9.17) is 20.3 Å². The first-order valence-electron chi connectivity index (χ1n) is 14.9. The number of nitrogens with zero attached hydrogens (tertiary/aromatic N) is 2. The minimum atomic E-state index is -3.74. The fourth-order valence-electron chi connectivity index (χ4n) is 5.71. The number of piperidine rings is 1. The summed E-state index contributed by atoms with van der Waals surface area (Å²) in [6.45, 7) is 1.26. The number of aromatic nitrogens is 1. The Bertz CT molecular complexity index is 1660. The number of sulfone groups is 1. The number of ether oxygens (including phenoxy) is 2. The molecule has 1 aromatic heterocycles. The Morgan fingerprint density at radius 2 is 1.80 bits per heavy atom. The van der Waals surface area contributed by atoms with Crippen molar-refractivity contribution in [3.63, 3.8) is 0 Å². The normalized spacial score (nSPS) is 19.5. The fourth-order valence-corrected chi connectivity index (χ4v) is 8.20. The Kier molecular flexibility index (Phi) is 10.6. The van der Waals surface area contributed by atoms with Crippen molar-refractivity contribution in [1.29, 1.82) is 0 Å². The average Bonchev–Trinajstić information content (AvgIpc) is 3.45. The predicted molar refractivity (Wildman–Crippen MR) is 168 cm³/mol. The molecule has 0 radical (unpaired) electrons. The number of pyridine rings is 1. The lowest BCUT2D eigenvalue weighted by Gasteiger charge is -2.38. The van der Waals surface area contributed by atoms with E-state index in [0.29, 0.717) is 56.8 Å². The summed E-state index contributed by atoms with van der Waals surface area (Å²) in [7, 11) is -7.35. The first-order chi connectivity index (χ1) is 21.5. The molecule has 12 nitrogen and oxygen atoms in total. The van der Waals surface area contributed by atoms with Crippen molar-refractivity contribution in [2.24, 2.45) is 5.73 Å². The van der Waals surface area contributed by atoms with Crippen LogP contribution in [-0.4, -0.2) is 99.3 Å². The topological polar surface area (TPSA) is 181 Å². The van der Waals surface area contributed by atoms with Crippen LogP contribution < -0.4 is 15.8 Å². The SMILES string of the molecule is NCc1ccc(-c2cncc(S(=O)(=O)N3CCC4(CC3)C[C@@H](NC[C@H](O)COc3cccc(S(=O)(=O)CCO)c3)CO4)c2)cc1. The van der Waals surface area contributed by atoms with Crippen molar-refractivity contribution in [1.82, 2.24) is 14.6 Å². The van der Waals surface area contributed by atoms with Crippen molar-refractivity contribution >= 4 is 19.9 Å². The molecule has 0 aliphatic carbocycles. The highest BCUT2D eigenvalue weighted by atomic mass is 32.2. The molecule has 2 aliphatic rings. The van der Waals surface area contributed by atoms with Gasteiger partial charge in [-0.3, -0.25) is 4.98 Å². The van der Waals surface area contributed by atoms with Crippen molar-refractivity contribution in [2.45, 2.75) is 53.3 Å². The number of rotatable bonds is 13. The van der Waals surface area contributed by atoms with Gasteiger partial charge in [0.25, 0.3) is 0 Å². The Labute approximate surface area is 264 Å². The molecule has 5 rings (SSSR count). The Balaban J connectivity index is 1.10. The highest BCUT2D eigenvalue weighted by molar-refractivity contribution is 7.91. The summed E-state index contributed by atoms with van der Waals surface area (Å²) >= 11 is 0. The average molecular weight is 661 g/mol. The van der Waals surface area contributed by atoms with E-state index in [1.54, 1.807) is 24.4 Å². The zero-order valence-electron chi connectivity index (χ0n) is 24.9. The van der Waals surface area contributed by atoms with Gasteiger partial charge in [-0.1, -0.05) is 30.3 Å². The molecule has 2 saturated heterocycles. The molecule has 2 aliphatic heterocycles. The maximum atomic E-state index is 13.5. The second-order valence-electron chi connectivity index (χ2n) is 11.5. The molecule has 0 saturated carbocycles. The number of nitrogens with one attached hydrogen (secondary N) is 1. The van der Waals surface area contributed by atoms with Gasteiger partial charge in [-0.15, -0.1) is 0 Å². The second-order valence-corrected chi connectivity index (χ2v) is 15.5. The molecule has 244 valence electrons. The first-order valence-corrected chi connectivity index (χ1v) is 18.0. The minimum Gasteiger partial charge on any atom is -0.491 e. The molecular weight excluding hydrogens is 620 g/mol. The van der Waals surface area contributed by atoms with Gasteiger partial charge < -0.3 is 30.7 Å². The van der Waals surface area contributed by atoms with Crippen molar-refractivity contribution < 1.29 is 36.5 Å². The number of aliphatic hydroxyl groups is 2. The lowest BCUT2D eigenvalue weighted by Crippen LogP contribution is -2.47. The van der Waals surface area contributed by atoms with Gasteiger partial charge in [-0.2, -0.15) is 4.31 Å². The zero-order valence-corrected chi connectivity index (χ0v) is 26.5. The van der Waals surface area contributed by atoms with Crippen molar-refractivity contribution in [3.05, 3.63) is 72.6 Å². The third-order valence-corrected chi connectivity index (χ3v) is 11.9. The van der Waals surface area contributed by atoms with Crippen molar-refractivity contribution in [3.8, 4) is 16.9 Å². The molecule has 3 aromatic rings. The standard InChI is InChI=1S/C31H40N4O8S2/c32-17-23-4-6-24(7-5-23)25-14-30(20-33-18-25)45(40,41)35-10-8-31(9-11-35)16-26(21-43-31)34-19-27(37)22-42-28-2-1-3-29(15-28)44(38,39)13-12-36/h1-7,14-15,18,20,26-27,34,36-37H,8-13,16-17,19,21-22,32H2/t26-,27+/m1/s1. The maximum Gasteiger partial charge on any atom is 0.244 e. The van der Waals surface area contributed by atoms with Crippen LogP contribution in [0, 0.1) is 0 Å². The van der Waals surface area contributed by atoms with Crippen LogP contribution in [0.3, 0.4) is 0 Å². The maximum absolute atomic E-state index is 13.5. The van der Waals surface area contributed by atoms with E-state index >= 15 is 0 Å². The predicted octanol–water partition coefficient (Wildman–Crippen LogP) is 1.32. The summed E-state index contributed by atoms with van der Waals surface area (Å²) < 4.78 is 64.7. The largest absolute Gasteiger partial charge is 0.491 e. The molecule has 2 fully saturated rings. The van der Waals surface area contributed by atoms with E-state index in [9.17, 15) is 21.9 Å². The van der Waals surface area contributed by atoms with Gasteiger partial charge in [0.1, 0.15) is 23.4 Å². The summed E-state index contributed by atoms with van der Waals surface area (Å²) in [6, 6.07) is 15.2. The van der Waals surface area contributed by atoms with Gasteiger partial charge in [0.2, 0.25) is 10.0 Å². The molecule has 2 aromatic carbocycles. The number of benzene rings is 2. The number of nitrogens with two attached hydrogens (primary N) is 1. The van der Waals surface area contributed by atoms with Crippen molar-refractivity contribution in [2.75, 3.05) is 45.2 Å². The van der Waals surface area contributed by atoms with Gasteiger partial charge in [-0.25, -0.2) is 16.8 Å². The zero-order chi connectivity index (χ0) is 32.1. The number of hydrogen-bond donors (Lipinski definition) is 4. The van der Waals surface area contributed by atoms with Crippen LogP contribution in [-0.2, 0) is 31.1 Å². The van der Waals surface area contributed by atoms with E-state index in [-0.39, 0.29) is 34.7 Å². The van der Waals surface area contributed by atoms with E-state index in [1.165, 1.54) is 22.6 Å². The summed E-state index contributed by atoms with van der Waals surface area (Å²) in [4.78, 5) is 4.41. The lowest BCUT2D eigenvalue weighted by molar-refractivity contribution is -0.0312. The van der Waals surface area contributed by atoms with Crippen LogP contribution in [0.25, 0.3) is 11.1 Å². The second kappa shape index (κ2) is 14.2. The molecular formula is C31H40N4O8S2. The third kappa shape index (κ3) is 8.07. The summed E-state index contributed by atoms with van der Waals surface area (Å²) in [5, 5.41) is 22.8. The summed E-state index contributed by atoms with van der Waals surface area (Å²) in [5.74, 6) is -0.0692. The van der Waals surface area contributed by atoms with E-state index < -0.39 is 38.2 Å². The Morgan fingerprint density at radius 1 is 1.04 bits per heavy atom. The molecule has 0 amide bonds. The Hall–Kier alpha value is -2.95. The van der Waals surface area contributed by atoms with Gasteiger partial charge in [0, 0.05) is 50.2 Å². The van der Waals surface area contributed by atoms with Crippen LogP contribution in [0.1, 0.15) is 24.8 Å². The van der Waals surface area contributed by atoms with Crippen LogP contribution >= 0.6 is 0 Å². The minimum absolute atomic E-state index is 0.0127. The lowest BCUT2D eigenvalue weighted by atomic mass is 9.88. The van der Waals surface area contributed by atoms with Crippen LogP contribution in [0.4, 0.5) is 0 Å². The molecule has 0 bridgehead atoms. The third-order valence-electron chi connectivity index (χ3n) is 8.33. The molecule has 14 heteroatoms. The van der Waals surface area contributed by atoms with E-state index in [0.717, 1.165) is 11.1 Å². The van der Waals surface area contributed by atoms with Gasteiger partial charge >= 0.3 is 0 Å². The van der Waals surface area contributed by atoms with E-state index in [1.807, 2.05) is 24.3 Å². The summed E-state index contributed by atoms with van der Waals surface area (Å²) in [6.07, 6.45) is 3.98. The fraction of sp³-hybridized carbons (Fsp3) is 0.452. The molecule has 3 heterocycles. The molecule has 0 unspecified atom stereocenters. The van der Waals surface area contributed by atoms with Crippen LogP contribution in [0.5, 0.6) is 5.75 Å². The van der Waals surface area contributed by atoms with Gasteiger partial charge in [-0.05, 0) is 54.7 Å². The number of hydrogen-bond acceptors (Lipinski definition) is 11. The van der Waals surface area contributed by atoms with Gasteiger partial charge in [0.15, 0.2) is 9.84 Å². The number of aliphatic hydroxyl groups excluding tert-OH is 2. The highest BCUT2D eigenvalue weighted by Crippen LogP contribution is 2.37. The van der Waals surface area contributed by atoms with Gasteiger partial charge in [0.05, 0.1) is 29.5 Å². The highest BCUT2D eigenvalue weighted by Gasteiger charge is 2.44. The quantitative estimate of drug-likeness (QED) is 0.208. The molecule has 5 N–H and O–H groups in total. The number of sulfonamides is 1. The molecule has 45 heavy (non-hydrogen) atoms. The first kappa shape index (κ1) is 33.4. The van der Waals surface area contributed by atoms with Crippen LogP contribution in [0.15, 0.2) is 76.8 Å².